The van der Waals surface area contributed by atoms with Crippen molar-refractivity contribution in [2.75, 3.05) is 13.1 Å². The second-order valence-electron chi connectivity index (χ2n) is 6.30. The third-order valence-corrected chi connectivity index (χ3v) is 5.41. The van der Waals surface area contributed by atoms with Crippen LogP contribution in [-0.2, 0) is 6.42 Å². The number of hydrogen-bond acceptors (Lipinski definition) is 2. The van der Waals surface area contributed by atoms with E-state index in [4.69, 9.17) is 0 Å². The van der Waals surface area contributed by atoms with E-state index in [-0.39, 0.29) is 0 Å². The quantitative estimate of drug-likeness (QED) is 0.819. The van der Waals surface area contributed by atoms with E-state index < -0.39 is 0 Å². The molecule has 1 aromatic rings. The van der Waals surface area contributed by atoms with Gasteiger partial charge in [0.05, 0.1) is 0 Å². The largest absolute Gasteiger partial charge is 0.508 e. The van der Waals surface area contributed by atoms with Crippen LogP contribution in [0.2, 0.25) is 0 Å². The van der Waals surface area contributed by atoms with Crippen LogP contribution in [0.25, 0.3) is 0 Å². The summed E-state index contributed by atoms with van der Waals surface area (Å²) < 4.78 is 0. The standard InChI is InChI=1S/C16H21NO/c18-16-6-2-5-13-14(16)7-8-15(13)17-9-11-3-1-4-12(11)10-17/h2,5-6,11-12,15,18H,1,3-4,7-10H2. The molecule has 0 radical (unpaired) electrons. The number of phenolic OH excluding ortho intramolecular Hbond substituents is 1. The fourth-order valence-electron chi connectivity index (χ4n) is 4.52. The molecule has 2 heteroatoms. The van der Waals surface area contributed by atoms with Crippen LogP contribution in [0.15, 0.2) is 18.2 Å². The minimum Gasteiger partial charge on any atom is -0.508 e. The molecule has 2 aliphatic carbocycles. The van der Waals surface area contributed by atoms with Crippen molar-refractivity contribution in [2.24, 2.45) is 11.8 Å². The van der Waals surface area contributed by atoms with Crippen molar-refractivity contribution in [1.29, 1.82) is 0 Å². The van der Waals surface area contributed by atoms with Crippen molar-refractivity contribution >= 4 is 0 Å². The van der Waals surface area contributed by atoms with Gasteiger partial charge in [0.25, 0.3) is 0 Å². The Morgan fingerprint density at radius 3 is 2.61 bits per heavy atom. The molecule has 3 atom stereocenters. The Bertz CT molecular complexity index is 458. The number of fused-ring (bicyclic) bond motifs is 2. The normalized spacial score (nSPS) is 34.8. The smallest absolute Gasteiger partial charge is 0.119 e. The van der Waals surface area contributed by atoms with Crippen molar-refractivity contribution < 1.29 is 5.11 Å². The molecule has 0 spiro atoms. The molecular weight excluding hydrogens is 222 g/mol. The molecule has 2 nitrogen and oxygen atoms in total. The first-order chi connectivity index (χ1) is 8.83. The molecule has 18 heavy (non-hydrogen) atoms. The van der Waals surface area contributed by atoms with Crippen molar-refractivity contribution in [3.05, 3.63) is 29.3 Å². The van der Waals surface area contributed by atoms with Crippen molar-refractivity contribution in [2.45, 2.75) is 38.1 Å². The highest BCUT2D eigenvalue weighted by molar-refractivity contribution is 5.44. The number of hydrogen-bond donors (Lipinski definition) is 1. The summed E-state index contributed by atoms with van der Waals surface area (Å²) in [4.78, 5) is 2.69. The molecule has 1 saturated carbocycles. The third kappa shape index (κ3) is 1.51. The summed E-state index contributed by atoms with van der Waals surface area (Å²) in [6, 6.07) is 6.64. The molecule has 96 valence electrons. The minimum absolute atomic E-state index is 0.509. The number of nitrogens with zero attached hydrogens (tertiary/aromatic N) is 1. The van der Waals surface area contributed by atoms with Crippen LogP contribution in [0.1, 0.15) is 42.9 Å². The van der Waals surface area contributed by atoms with Gasteiger partial charge in [-0.25, -0.2) is 0 Å². The van der Waals surface area contributed by atoms with Crippen LogP contribution >= 0.6 is 0 Å². The Balaban J connectivity index is 1.60. The van der Waals surface area contributed by atoms with Gasteiger partial charge >= 0.3 is 0 Å². The van der Waals surface area contributed by atoms with Gasteiger partial charge in [-0.1, -0.05) is 18.6 Å². The lowest BCUT2D eigenvalue weighted by atomic mass is 10.0. The zero-order chi connectivity index (χ0) is 12.1. The molecule has 1 N–H and O–H groups in total. The predicted octanol–water partition coefficient (Wildman–Crippen LogP) is 3.11. The highest BCUT2D eigenvalue weighted by Gasteiger charge is 2.40. The molecule has 3 aliphatic rings. The zero-order valence-corrected chi connectivity index (χ0v) is 10.8. The summed E-state index contributed by atoms with van der Waals surface area (Å²) in [5.74, 6) is 2.44. The molecule has 3 unspecified atom stereocenters. The molecule has 1 aliphatic heterocycles. The van der Waals surface area contributed by atoms with Crippen LogP contribution < -0.4 is 0 Å². The van der Waals surface area contributed by atoms with Crippen LogP contribution in [0.3, 0.4) is 0 Å². The summed E-state index contributed by atoms with van der Waals surface area (Å²) in [6.45, 7) is 2.59. The fourth-order valence-corrected chi connectivity index (χ4v) is 4.52. The number of likely N-dealkylation sites (tertiary alicyclic amines) is 1. The van der Waals surface area contributed by atoms with E-state index in [0.717, 1.165) is 18.3 Å². The molecule has 2 fully saturated rings. The van der Waals surface area contributed by atoms with Crippen LogP contribution in [0, 0.1) is 11.8 Å². The van der Waals surface area contributed by atoms with E-state index in [1.54, 1.807) is 0 Å². The van der Waals surface area contributed by atoms with Gasteiger partial charge in [0.1, 0.15) is 5.75 Å². The zero-order valence-electron chi connectivity index (χ0n) is 10.8. The maximum atomic E-state index is 9.93. The van der Waals surface area contributed by atoms with Gasteiger partial charge in [-0.15, -0.1) is 0 Å². The first-order valence-electron chi connectivity index (χ1n) is 7.38. The van der Waals surface area contributed by atoms with Crippen molar-refractivity contribution in [3.8, 4) is 5.75 Å². The van der Waals surface area contributed by atoms with Gasteiger partial charge in [-0.3, -0.25) is 4.90 Å². The number of benzene rings is 1. The summed E-state index contributed by atoms with van der Waals surface area (Å²) in [5.41, 5.74) is 2.61. The maximum Gasteiger partial charge on any atom is 0.119 e. The van der Waals surface area contributed by atoms with Crippen LogP contribution in [0.4, 0.5) is 0 Å². The van der Waals surface area contributed by atoms with E-state index in [1.807, 2.05) is 12.1 Å². The van der Waals surface area contributed by atoms with E-state index in [9.17, 15) is 5.11 Å². The molecule has 4 rings (SSSR count). The van der Waals surface area contributed by atoms with E-state index in [2.05, 4.69) is 11.0 Å². The molecule has 0 bridgehead atoms. The Labute approximate surface area is 109 Å². The van der Waals surface area contributed by atoms with E-state index in [0.29, 0.717) is 11.8 Å². The number of aromatic hydroxyl groups is 1. The Morgan fingerprint density at radius 1 is 1.06 bits per heavy atom. The minimum atomic E-state index is 0.509. The maximum absolute atomic E-state index is 9.93. The van der Waals surface area contributed by atoms with Gasteiger partial charge < -0.3 is 5.11 Å². The van der Waals surface area contributed by atoms with Crippen molar-refractivity contribution in [3.63, 3.8) is 0 Å². The Hall–Kier alpha value is -1.02. The molecule has 0 amide bonds. The second-order valence-corrected chi connectivity index (χ2v) is 6.30. The first kappa shape index (κ1) is 10.9. The fraction of sp³-hybridized carbons (Fsp3) is 0.625. The summed E-state index contributed by atoms with van der Waals surface area (Å²) in [5, 5.41) is 9.93. The summed E-state index contributed by atoms with van der Waals surface area (Å²) in [7, 11) is 0. The molecule has 1 saturated heterocycles. The lowest BCUT2D eigenvalue weighted by Gasteiger charge is -2.25. The molecular formula is C16H21NO. The lowest BCUT2D eigenvalue weighted by molar-refractivity contribution is 0.226. The van der Waals surface area contributed by atoms with Gasteiger partial charge in [0.2, 0.25) is 0 Å². The predicted molar refractivity (Wildman–Crippen MR) is 71.6 cm³/mol. The second kappa shape index (κ2) is 3.99. The van der Waals surface area contributed by atoms with Gasteiger partial charge in [-0.2, -0.15) is 0 Å². The summed E-state index contributed by atoms with van der Waals surface area (Å²) in [6.07, 6.45) is 6.59. The average molecular weight is 243 g/mol. The number of rotatable bonds is 1. The Kier molecular flexibility index (Phi) is 2.41. The van der Waals surface area contributed by atoms with Gasteiger partial charge in [0.15, 0.2) is 0 Å². The number of phenols is 1. The molecule has 1 heterocycles. The van der Waals surface area contributed by atoms with Crippen LogP contribution in [-0.4, -0.2) is 23.1 Å². The van der Waals surface area contributed by atoms with Crippen molar-refractivity contribution in [1.82, 2.24) is 4.90 Å². The van der Waals surface area contributed by atoms with Gasteiger partial charge in [0, 0.05) is 19.1 Å². The topological polar surface area (TPSA) is 23.5 Å². The first-order valence-corrected chi connectivity index (χ1v) is 7.38. The highest BCUT2D eigenvalue weighted by atomic mass is 16.3. The lowest BCUT2D eigenvalue weighted by Crippen LogP contribution is -2.25. The van der Waals surface area contributed by atoms with E-state index in [1.165, 1.54) is 49.9 Å². The highest BCUT2D eigenvalue weighted by Crippen LogP contribution is 2.45. The molecule has 1 aromatic carbocycles. The Morgan fingerprint density at radius 2 is 1.83 bits per heavy atom. The van der Waals surface area contributed by atoms with Gasteiger partial charge in [-0.05, 0) is 54.7 Å². The monoisotopic (exact) mass is 243 g/mol. The SMILES string of the molecule is Oc1cccc2c1CCC2N1CC2CCCC2C1. The third-order valence-electron chi connectivity index (χ3n) is 5.41. The van der Waals surface area contributed by atoms with E-state index >= 15 is 0 Å². The summed E-state index contributed by atoms with van der Waals surface area (Å²) >= 11 is 0. The van der Waals surface area contributed by atoms with Crippen LogP contribution in [0.5, 0.6) is 5.75 Å². The average Bonchev–Trinajstić information content (AvgIpc) is 3.00. The molecule has 0 aromatic heterocycles.